The first-order valence-electron chi connectivity index (χ1n) is 8.42. The van der Waals surface area contributed by atoms with Crippen LogP contribution in [0.15, 0.2) is 30.5 Å². The highest BCUT2D eigenvalue weighted by Gasteiger charge is 2.23. The predicted molar refractivity (Wildman–Crippen MR) is 101 cm³/mol. The summed E-state index contributed by atoms with van der Waals surface area (Å²) in [5.74, 6) is -0.0900. The zero-order valence-electron chi connectivity index (χ0n) is 15.1. The van der Waals surface area contributed by atoms with Crippen LogP contribution in [0.25, 0.3) is 0 Å². The van der Waals surface area contributed by atoms with E-state index in [1.54, 1.807) is 23.6 Å². The van der Waals surface area contributed by atoms with E-state index in [1.807, 2.05) is 45.9 Å². The molecular weight excluding hydrogens is 334 g/mol. The smallest absolute Gasteiger partial charge is 0.252 e. The molecular formula is C19H25N3O2S. The lowest BCUT2D eigenvalue weighted by molar-refractivity contribution is -0.123. The van der Waals surface area contributed by atoms with Crippen LogP contribution >= 0.6 is 11.3 Å². The number of aromatic nitrogens is 1. The molecule has 0 aliphatic heterocycles. The molecule has 2 amide bonds. The van der Waals surface area contributed by atoms with Gasteiger partial charge in [0.25, 0.3) is 5.91 Å². The number of carbonyl (C=O) groups is 2. The first-order valence-corrected chi connectivity index (χ1v) is 9.24. The second-order valence-electron chi connectivity index (χ2n) is 6.53. The Morgan fingerprint density at radius 1 is 1.20 bits per heavy atom. The van der Waals surface area contributed by atoms with E-state index < -0.39 is 6.04 Å². The number of carbonyl (C=O) groups excluding carboxylic acids is 2. The van der Waals surface area contributed by atoms with Crippen molar-refractivity contribution in [3.63, 3.8) is 0 Å². The molecule has 25 heavy (non-hydrogen) atoms. The number of thiazole rings is 1. The molecule has 1 aromatic heterocycles. The third-order valence-corrected chi connectivity index (χ3v) is 4.74. The molecule has 2 rings (SSSR count). The van der Waals surface area contributed by atoms with Crippen molar-refractivity contribution in [1.29, 1.82) is 0 Å². The van der Waals surface area contributed by atoms with Gasteiger partial charge in [0.05, 0.1) is 11.6 Å². The van der Waals surface area contributed by atoms with E-state index >= 15 is 0 Å². The van der Waals surface area contributed by atoms with Crippen molar-refractivity contribution in [3.8, 4) is 0 Å². The van der Waals surface area contributed by atoms with Crippen LogP contribution in [-0.4, -0.2) is 22.8 Å². The lowest BCUT2D eigenvalue weighted by Crippen LogP contribution is -2.47. The zero-order valence-corrected chi connectivity index (χ0v) is 15.9. The Kier molecular flexibility index (Phi) is 6.70. The summed E-state index contributed by atoms with van der Waals surface area (Å²) < 4.78 is 0. The Morgan fingerprint density at radius 2 is 1.92 bits per heavy atom. The average molecular weight is 359 g/mol. The number of nitrogens with one attached hydrogen (secondary N) is 2. The Bertz CT molecular complexity index is 740. The van der Waals surface area contributed by atoms with E-state index in [4.69, 9.17) is 0 Å². The second kappa shape index (κ2) is 8.76. The van der Waals surface area contributed by atoms with Crippen LogP contribution in [0.4, 0.5) is 0 Å². The Balaban J connectivity index is 2.03. The maximum atomic E-state index is 12.6. The molecule has 0 saturated heterocycles. The van der Waals surface area contributed by atoms with E-state index in [-0.39, 0.29) is 11.8 Å². The molecule has 0 fully saturated rings. The number of hydrogen-bond acceptors (Lipinski definition) is 4. The standard InChI is InChI=1S/C19H25N3O2S/c1-12(2)9-17(19(24)21-11-15-10-20-14(4)25-15)22-18(23)16-8-6-5-7-13(16)3/h5-8,10,12,17H,9,11H2,1-4H3,(H,21,24)(H,22,23). The summed E-state index contributed by atoms with van der Waals surface area (Å²) in [5.41, 5.74) is 1.49. The number of hydrogen-bond donors (Lipinski definition) is 2. The van der Waals surface area contributed by atoms with Gasteiger partial charge in [0, 0.05) is 16.6 Å². The highest BCUT2D eigenvalue weighted by molar-refractivity contribution is 7.11. The van der Waals surface area contributed by atoms with Crippen molar-refractivity contribution in [2.45, 2.75) is 46.7 Å². The summed E-state index contributed by atoms with van der Waals surface area (Å²) in [4.78, 5) is 30.3. The van der Waals surface area contributed by atoms with Gasteiger partial charge in [0.1, 0.15) is 6.04 Å². The van der Waals surface area contributed by atoms with E-state index in [1.165, 1.54) is 0 Å². The van der Waals surface area contributed by atoms with Gasteiger partial charge >= 0.3 is 0 Å². The molecule has 1 atom stereocenters. The van der Waals surface area contributed by atoms with Crippen LogP contribution in [0.5, 0.6) is 0 Å². The Hall–Kier alpha value is -2.21. The second-order valence-corrected chi connectivity index (χ2v) is 7.85. The van der Waals surface area contributed by atoms with Gasteiger partial charge < -0.3 is 10.6 Å². The fraction of sp³-hybridized carbons (Fsp3) is 0.421. The summed E-state index contributed by atoms with van der Waals surface area (Å²) in [5, 5.41) is 6.76. The van der Waals surface area contributed by atoms with E-state index in [0.717, 1.165) is 15.4 Å². The SMILES string of the molecule is Cc1ncc(CNC(=O)C(CC(C)C)NC(=O)c2ccccc2C)s1. The molecule has 1 heterocycles. The van der Waals surface area contributed by atoms with Gasteiger partial charge in [-0.1, -0.05) is 32.0 Å². The monoisotopic (exact) mass is 359 g/mol. The minimum Gasteiger partial charge on any atom is -0.349 e. The number of rotatable bonds is 7. The molecule has 0 aliphatic rings. The first-order chi connectivity index (χ1) is 11.9. The number of nitrogens with zero attached hydrogens (tertiary/aromatic N) is 1. The van der Waals surface area contributed by atoms with E-state index in [0.29, 0.717) is 24.4 Å². The van der Waals surface area contributed by atoms with Crippen molar-refractivity contribution >= 4 is 23.2 Å². The van der Waals surface area contributed by atoms with Crippen LogP contribution in [0.3, 0.4) is 0 Å². The highest BCUT2D eigenvalue weighted by atomic mass is 32.1. The summed E-state index contributed by atoms with van der Waals surface area (Å²) in [6.45, 7) is 8.32. The molecule has 2 N–H and O–H groups in total. The number of benzene rings is 1. The molecule has 5 nitrogen and oxygen atoms in total. The van der Waals surface area contributed by atoms with Crippen molar-refractivity contribution in [1.82, 2.24) is 15.6 Å². The molecule has 1 unspecified atom stereocenters. The van der Waals surface area contributed by atoms with Crippen molar-refractivity contribution in [3.05, 3.63) is 51.5 Å². The summed E-state index contributed by atoms with van der Waals surface area (Å²) in [6, 6.07) is 6.82. The Labute approximate surface area is 152 Å². The van der Waals surface area contributed by atoms with Gasteiger partial charge in [0.15, 0.2) is 0 Å². The fourth-order valence-corrected chi connectivity index (χ4v) is 3.29. The Morgan fingerprint density at radius 3 is 2.52 bits per heavy atom. The lowest BCUT2D eigenvalue weighted by atomic mass is 10.0. The molecule has 0 saturated carbocycles. The van der Waals surface area contributed by atoms with Gasteiger partial charge in [-0.15, -0.1) is 11.3 Å². The molecule has 134 valence electrons. The van der Waals surface area contributed by atoms with Gasteiger partial charge in [-0.05, 0) is 37.8 Å². The van der Waals surface area contributed by atoms with Crippen LogP contribution in [0, 0.1) is 19.8 Å². The third kappa shape index (κ3) is 5.67. The van der Waals surface area contributed by atoms with Crippen molar-refractivity contribution < 1.29 is 9.59 Å². The lowest BCUT2D eigenvalue weighted by Gasteiger charge is -2.20. The van der Waals surface area contributed by atoms with Crippen molar-refractivity contribution in [2.75, 3.05) is 0 Å². The van der Waals surface area contributed by atoms with Crippen LogP contribution in [0.2, 0.25) is 0 Å². The van der Waals surface area contributed by atoms with Crippen molar-refractivity contribution in [2.24, 2.45) is 5.92 Å². The van der Waals surface area contributed by atoms with Gasteiger partial charge in [-0.3, -0.25) is 9.59 Å². The predicted octanol–water partition coefficient (Wildman–Crippen LogP) is 3.22. The van der Waals surface area contributed by atoms with Crippen LogP contribution in [0.1, 0.15) is 46.1 Å². The zero-order chi connectivity index (χ0) is 18.4. The molecule has 6 heteroatoms. The normalized spacial score (nSPS) is 12.0. The maximum absolute atomic E-state index is 12.6. The van der Waals surface area contributed by atoms with Gasteiger partial charge in [-0.25, -0.2) is 4.98 Å². The first kappa shape index (κ1) is 19.1. The third-order valence-electron chi connectivity index (χ3n) is 3.82. The molecule has 0 bridgehead atoms. The number of aryl methyl sites for hydroxylation is 2. The highest BCUT2D eigenvalue weighted by Crippen LogP contribution is 2.12. The minimum absolute atomic E-state index is 0.165. The quantitative estimate of drug-likeness (QED) is 0.797. The maximum Gasteiger partial charge on any atom is 0.252 e. The van der Waals surface area contributed by atoms with Gasteiger partial charge in [-0.2, -0.15) is 0 Å². The van der Waals surface area contributed by atoms with E-state index in [9.17, 15) is 9.59 Å². The minimum atomic E-state index is -0.555. The molecule has 2 aromatic rings. The topological polar surface area (TPSA) is 71.1 Å². The number of amides is 2. The molecule has 0 radical (unpaired) electrons. The summed E-state index contributed by atoms with van der Waals surface area (Å²) in [6.07, 6.45) is 2.36. The van der Waals surface area contributed by atoms with Gasteiger partial charge in [0.2, 0.25) is 5.91 Å². The summed E-state index contributed by atoms with van der Waals surface area (Å²) >= 11 is 1.55. The summed E-state index contributed by atoms with van der Waals surface area (Å²) in [7, 11) is 0. The van der Waals surface area contributed by atoms with Crippen LogP contribution in [-0.2, 0) is 11.3 Å². The van der Waals surface area contributed by atoms with Crippen LogP contribution < -0.4 is 10.6 Å². The van der Waals surface area contributed by atoms with E-state index in [2.05, 4.69) is 15.6 Å². The fourth-order valence-electron chi connectivity index (χ4n) is 2.55. The largest absolute Gasteiger partial charge is 0.349 e. The molecule has 0 aliphatic carbocycles. The molecule has 0 spiro atoms. The average Bonchev–Trinajstić information content (AvgIpc) is 2.97. The molecule has 1 aromatic carbocycles.